The average Bonchev–Trinajstić information content (AvgIpc) is 1.36. The van der Waals surface area contributed by atoms with Crippen LogP contribution in [0.2, 0.25) is 0 Å². The number of aliphatic hydroxyl groups is 6. The minimum Gasteiger partial charge on any atom is -0.388 e. The van der Waals surface area contributed by atoms with Gasteiger partial charge in [-0.2, -0.15) is 42.1 Å². The van der Waals surface area contributed by atoms with Gasteiger partial charge >= 0.3 is 52.0 Å². The van der Waals surface area contributed by atoms with E-state index >= 15 is 0 Å². The van der Waals surface area contributed by atoms with Gasteiger partial charge in [-0.25, -0.2) is 0 Å². The van der Waals surface area contributed by atoms with Gasteiger partial charge < -0.3 is 124 Å². The van der Waals surface area contributed by atoms with Crippen molar-refractivity contribution < 1.29 is 156 Å². The van der Waals surface area contributed by atoms with Crippen LogP contribution in [-0.4, -0.2) is 318 Å². The van der Waals surface area contributed by atoms with E-state index in [2.05, 4.69) is 21.3 Å². The number of ether oxygens (including phenoxy) is 8. The van der Waals surface area contributed by atoms with E-state index in [4.69, 9.17) is 160 Å². The van der Waals surface area contributed by atoms with Crippen molar-refractivity contribution in [3.63, 3.8) is 0 Å². The molecule has 2 saturated carbocycles. The molecule has 4 aliphatic heterocycles. The lowest BCUT2D eigenvalue weighted by Crippen LogP contribution is -2.68. The largest absolute Gasteiger partial charge is 0.394 e. The van der Waals surface area contributed by atoms with Crippen molar-refractivity contribution in [2.24, 2.45) is 34.4 Å². The number of nitrogens with two attached hydrogens (primary N) is 6. The van der Waals surface area contributed by atoms with E-state index in [1.165, 1.54) is 0 Å². The molecule has 2 aliphatic carbocycles. The van der Waals surface area contributed by atoms with Crippen LogP contribution in [0.15, 0.2) is 0 Å². The van der Waals surface area contributed by atoms with Crippen LogP contribution in [0.25, 0.3) is 0 Å². The Hall–Kier alpha value is -1.61. The first-order chi connectivity index (χ1) is 40.2. The topological polar surface area (TPSA) is 772 Å². The first kappa shape index (κ1) is 87.4. The van der Waals surface area contributed by atoms with Crippen LogP contribution in [0.1, 0.15) is 52.4 Å². The molecule has 0 amide bonds. The molecule has 0 aromatic carbocycles. The summed E-state index contributed by atoms with van der Waals surface area (Å²) in [6.45, 7) is 4.33. The standard InChI is InChI=1S/2C20H41N5O7.5H2O4S/c2*1-20(28)8-29-19(14(27)17(20)25-3)32-16-12(23)6-11(22)15(13(16)26)31-18-10(21)5-4-9(30-18)7-24-2;5*1-5(2,3)4/h2*9-19,24-28H,4-8,21-23H2,1-3H3;5*(H2,1,2,3,4). The summed E-state index contributed by atoms with van der Waals surface area (Å²) in [6, 6.07) is -4.39. The maximum Gasteiger partial charge on any atom is 0.394 e. The van der Waals surface area contributed by atoms with Gasteiger partial charge in [-0.15, -0.1) is 0 Å². The van der Waals surface area contributed by atoms with Crippen molar-refractivity contribution in [3.05, 3.63) is 0 Å². The normalized spacial score (nSPS) is 39.5. The lowest BCUT2D eigenvalue weighted by atomic mass is 9.84. The number of likely N-dealkylation sites (N-methyl/N-ethyl adjacent to an activating group) is 4. The molecule has 0 aromatic heterocycles. The van der Waals surface area contributed by atoms with Crippen molar-refractivity contribution in [1.82, 2.24) is 21.3 Å². The zero-order chi connectivity index (χ0) is 69.8. The third kappa shape index (κ3) is 36.2. The molecule has 32 N–H and O–H groups in total. The van der Waals surface area contributed by atoms with Crippen molar-refractivity contribution in [1.29, 1.82) is 0 Å². The summed E-state index contributed by atoms with van der Waals surface area (Å²) in [7, 11) is -16.4. The zero-order valence-corrected chi connectivity index (χ0v) is 52.9. The summed E-state index contributed by atoms with van der Waals surface area (Å²) < 4.78 is 205. The molecule has 4 heterocycles. The summed E-state index contributed by atoms with van der Waals surface area (Å²) in [4.78, 5) is 0. The summed E-state index contributed by atoms with van der Waals surface area (Å²) in [6.07, 6.45) is -8.24. The summed E-state index contributed by atoms with van der Waals surface area (Å²) in [5.74, 6) is 0. The Balaban J connectivity index is 0.00000126. The lowest BCUT2D eigenvalue weighted by Gasteiger charge is -2.48. The fraction of sp³-hybridized carbons (Fsp3) is 1.00. The molecular formula is C40H92N10O34S5. The fourth-order valence-corrected chi connectivity index (χ4v) is 9.80. The molecule has 0 bridgehead atoms. The SMILES string of the molecule is CNCC1CCC(N)C(OC2C(N)CC(N)C(OC3OCC(C)(O)C(NC)C3O)C2O)O1.CNCC1CCC(N)C(OC2C(N)CC(N)C(OC3OCC(C)(O)C(NC)C3O)C2O)O1.O=S(=O)(O)O.O=S(=O)(O)O.O=S(=O)(O)O.O=S(=O)(O)O.O=S(=O)(O)O. The smallest absolute Gasteiger partial charge is 0.388 e. The summed E-state index contributed by atoms with van der Waals surface area (Å²) in [5.41, 5.74) is 34.8. The molecule has 6 fully saturated rings. The van der Waals surface area contributed by atoms with Crippen molar-refractivity contribution in [2.45, 2.75) is 198 Å². The Morgan fingerprint density at radius 3 is 0.843 bits per heavy atom. The lowest BCUT2D eigenvalue weighted by molar-refractivity contribution is -0.306. The number of hydrogen-bond donors (Lipinski definition) is 26. The Bertz CT molecular complexity index is 2300. The summed E-state index contributed by atoms with van der Waals surface area (Å²) in [5, 5.41) is 76.3. The third-order valence-corrected chi connectivity index (χ3v) is 13.4. The van der Waals surface area contributed by atoms with E-state index in [-0.39, 0.29) is 37.5 Å². The molecule has 6 rings (SSSR count). The first-order valence-corrected chi connectivity index (χ1v) is 33.2. The maximum atomic E-state index is 11.1. The van der Waals surface area contributed by atoms with E-state index in [9.17, 15) is 30.6 Å². The molecule has 0 spiro atoms. The Labute approximate surface area is 514 Å². The van der Waals surface area contributed by atoms with Crippen LogP contribution in [0.3, 0.4) is 0 Å². The quantitative estimate of drug-likeness (QED) is 0.0718. The van der Waals surface area contributed by atoms with Crippen molar-refractivity contribution >= 4 is 52.0 Å². The van der Waals surface area contributed by atoms with E-state index in [1.807, 2.05) is 14.1 Å². The fourth-order valence-electron chi connectivity index (χ4n) is 9.80. The Morgan fingerprint density at radius 2 is 0.629 bits per heavy atom. The van der Waals surface area contributed by atoms with Gasteiger partial charge in [0.25, 0.3) is 0 Å². The van der Waals surface area contributed by atoms with E-state index in [0.29, 0.717) is 25.9 Å². The Kier molecular flexibility index (Phi) is 37.5. The van der Waals surface area contributed by atoms with Gasteiger partial charge in [-0.05, 0) is 80.6 Å². The van der Waals surface area contributed by atoms with Gasteiger partial charge in [0, 0.05) is 37.3 Å². The Morgan fingerprint density at radius 1 is 0.404 bits per heavy atom. The van der Waals surface area contributed by atoms with Gasteiger partial charge in [0.05, 0.1) is 49.6 Å². The van der Waals surface area contributed by atoms with Gasteiger partial charge in [0.1, 0.15) is 60.0 Å². The highest BCUT2D eigenvalue weighted by atomic mass is 32.3. The van der Waals surface area contributed by atoms with Crippen LogP contribution in [-0.2, 0) is 89.9 Å². The number of rotatable bonds is 14. The molecule has 4 saturated heterocycles. The van der Waals surface area contributed by atoms with Crippen LogP contribution in [0.5, 0.6) is 0 Å². The number of aliphatic hydroxyl groups excluding tert-OH is 4. The molecule has 24 atom stereocenters. The number of nitrogens with one attached hydrogen (secondary N) is 4. The van der Waals surface area contributed by atoms with Crippen molar-refractivity contribution in [3.8, 4) is 0 Å². The highest BCUT2D eigenvalue weighted by Crippen LogP contribution is 2.34. The highest BCUT2D eigenvalue weighted by Gasteiger charge is 2.53. The molecular weight excluding hydrogens is 1320 g/mol. The minimum atomic E-state index is -4.67. The van der Waals surface area contributed by atoms with Gasteiger partial charge in [-0.1, -0.05) is 0 Å². The second-order valence-corrected chi connectivity index (χ2v) is 25.7. The highest BCUT2D eigenvalue weighted by molar-refractivity contribution is 7.80. The van der Waals surface area contributed by atoms with Crippen LogP contribution in [0, 0.1) is 0 Å². The molecule has 24 unspecified atom stereocenters. The van der Waals surface area contributed by atoms with Gasteiger partial charge in [0.15, 0.2) is 25.2 Å². The predicted molar refractivity (Wildman–Crippen MR) is 302 cm³/mol. The number of hydrogen-bond acceptors (Lipinski definition) is 34. The van der Waals surface area contributed by atoms with Crippen molar-refractivity contribution in [2.75, 3.05) is 54.5 Å². The molecule has 44 nitrogen and oxygen atoms in total. The molecule has 6 aliphatic rings. The van der Waals surface area contributed by atoms with E-state index in [0.717, 1.165) is 25.7 Å². The summed E-state index contributed by atoms with van der Waals surface area (Å²) >= 11 is 0. The van der Waals surface area contributed by atoms with Gasteiger partial charge in [-0.3, -0.25) is 45.5 Å². The third-order valence-electron chi connectivity index (χ3n) is 13.4. The van der Waals surface area contributed by atoms with Gasteiger partial charge in [0.2, 0.25) is 0 Å². The minimum absolute atomic E-state index is 0.0480. The molecule has 536 valence electrons. The first-order valence-electron chi connectivity index (χ1n) is 26.2. The van der Waals surface area contributed by atoms with E-state index in [1.54, 1.807) is 27.9 Å². The van der Waals surface area contributed by atoms with Crippen LogP contribution in [0.4, 0.5) is 0 Å². The molecule has 89 heavy (non-hydrogen) atoms. The second-order valence-electron chi connectivity index (χ2n) is 21.2. The molecule has 0 radical (unpaired) electrons. The molecule has 49 heteroatoms. The van der Waals surface area contributed by atoms with Crippen LogP contribution < -0.4 is 55.7 Å². The molecule has 0 aromatic rings. The maximum absolute atomic E-state index is 11.1. The zero-order valence-electron chi connectivity index (χ0n) is 48.8. The average molecular weight is 1420 g/mol. The van der Waals surface area contributed by atoms with Crippen LogP contribution >= 0.6 is 0 Å². The predicted octanol–water partition coefficient (Wildman–Crippen LogP) is -10.7. The monoisotopic (exact) mass is 1420 g/mol. The second kappa shape index (κ2) is 38.2. The van der Waals surface area contributed by atoms with E-state index < -0.39 is 173 Å².